The number of carbonyl (C=O) groups excluding carboxylic acids is 3. The van der Waals surface area contributed by atoms with Crippen LogP contribution < -0.4 is 0 Å². The van der Waals surface area contributed by atoms with E-state index in [1.807, 2.05) is 0 Å². The number of urea groups is 1. The van der Waals surface area contributed by atoms with Crippen molar-refractivity contribution in [3.05, 3.63) is 12.2 Å². The third kappa shape index (κ3) is 2.44. The van der Waals surface area contributed by atoms with Crippen LogP contribution in [-0.4, -0.2) is 40.7 Å². The van der Waals surface area contributed by atoms with Gasteiger partial charge >= 0.3 is 6.03 Å². The maximum absolute atomic E-state index is 12.2. The number of imide groups is 2. The Kier molecular flexibility index (Phi) is 3.50. The second kappa shape index (κ2) is 4.92. The molecule has 1 aliphatic carbocycles. The summed E-state index contributed by atoms with van der Waals surface area (Å²) >= 11 is 0. The van der Waals surface area contributed by atoms with Gasteiger partial charge in [0.05, 0.1) is 0 Å². The number of nitrogens with zero attached hydrogens (tertiary/aromatic N) is 2. The first-order valence-corrected chi connectivity index (χ1v) is 6.27. The van der Waals surface area contributed by atoms with Crippen LogP contribution in [0.4, 0.5) is 4.79 Å². The summed E-state index contributed by atoms with van der Waals surface area (Å²) in [4.78, 5) is 37.8. The van der Waals surface area contributed by atoms with E-state index in [1.54, 1.807) is 0 Å². The van der Waals surface area contributed by atoms with Gasteiger partial charge < -0.3 is 0 Å². The Morgan fingerprint density at radius 3 is 1.67 bits per heavy atom. The van der Waals surface area contributed by atoms with Crippen molar-refractivity contribution in [2.24, 2.45) is 11.8 Å². The van der Waals surface area contributed by atoms with Crippen molar-refractivity contribution in [1.82, 2.24) is 9.80 Å². The lowest BCUT2D eigenvalue weighted by molar-refractivity contribution is -0.129. The topological polar surface area (TPSA) is 57.7 Å². The molecule has 2 heterocycles. The first kappa shape index (κ1) is 12.8. The average Bonchev–Trinajstić information content (AvgIpc) is 2.43. The van der Waals surface area contributed by atoms with Gasteiger partial charge in [0.2, 0.25) is 11.8 Å². The van der Waals surface area contributed by atoms with Gasteiger partial charge in [0.15, 0.2) is 0 Å². The van der Waals surface area contributed by atoms with E-state index in [4.69, 9.17) is 0 Å². The van der Waals surface area contributed by atoms with E-state index in [-0.39, 0.29) is 23.7 Å². The minimum Gasteiger partial charge on any atom is -0.275 e. The Morgan fingerprint density at radius 1 is 1.00 bits per heavy atom. The van der Waals surface area contributed by atoms with Crippen molar-refractivity contribution in [3.8, 4) is 0 Å². The molecular formula is C13H18N2O3. The normalized spacial score (nSPS) is 27.8. The molecule has 98 valence electrons. The monoisotopic (exact) mass is 250 g/mol. The Morgan fingerprint density at radius 2 is 1.39 bits per heavy atom. The number of rotatable bonds is 0. The Labute approximate surface area is 106 Å². The van der Waals surface area contributed by atoms with Gasteiger partial charge in [-0.3, -0.25) is 19.4 Å². The van der Waals surface area contributed by atoms with Crippen molar-refractivity contribution in [1.29, 1.82) is 0 Å². The van der Waals surface area contributed by atoms with Crippen LogP contribution in [0, 0.1) is 11.8 Å². The minimum absolute atomic E-state index is 0.223. The fraction of sp³-hybridized carbons (Fsp3) is 0.615. The van der Waals surface area contributed by atoms with Gasteiger partial charge in [0.25, 0.3) is 0 Å². The number of amides is 4. The molecular weight excluding hydrogens is 232 g/mol. The number of carbonyl (C=O) groups is 3. The summed E-state index contributed by atoms with van der Waals surface area (Å²) < 4.78 is 0. The van der Waals surface area contributed by atoms with Crippen molar-refractivity contribution in [2.75, 3.05) is 13.1 Å². The second-order valence-electron chi connectivity index (χ2n) is 5.02. The van der Waals surface area contributed by atoms with Crippen LogP contribution >= 0.6 is 0 Å². The summed E-state index contributed by atoms with van der Waals surface area (Å²) in [5.41, 5.74) is 0. The van der Waals surface area contributed by atoms with E-state index in [1.165, 1.54) is 23.6 Å². The molecule has 0 aromatic rings. The molecule has 0 spiro atoms. The zero-order valence-corrected chi connectivity index (χ0v) is 10.8. The van der Waals surface area contributed by atoms with E-state index in [2.05, 4.69) is 12.2 Å². The predicted octanol–water partition coefficient (Wildman–Crippen LogP) is 1.40. The van der Waals surface area contributed by atoms with Crippen LogP contribution in [0.3, 0.4) is 0 Å². The molecule has 5 nitrogen and oxygen atoms in total. The zero-order valence-electron chi connectivity index (χ0n) is 10.8. The van der Waals surface area contributed by atoms with Gasteiger partial charge in [-0.2, -0.15) is 0 Å². The maximum atomic E-state index is 12.2. The summed E-state index contributed by atoms with van der Waals surface area (Å²) in [5.74, 6) is -0.156. The Bertz CT molecular complexity index is 380. The number of fused-ring (bicyclic) bond motifs is 5. The lowest BCUT2D eigenvalue weighted by Crippen LogP contribution is -2.49. The van der Waals surface area contributed by atoms with Gasteiger partial charge in [-0.05, 0) is 24.7 Å². The summed E-state index contributed by atoms with van der Waals surface area (Å²) in [6, 6.07) is -0.476. The summed E-state index contributed by atoms with van der Waals surface area (Å²) in [7, 11) is 0. The first-order chi connectivity index (χ1) is 8.49. The molecule has 3 rings (SSSR count). The maximum Gasteiger partial charge on any atom is 0.333 e. The van der Waals surface area contributed by atoms with E-state index < -0.39 is 6.03 Å². The molecule has 1 fully saturated rings. The average molecular weight is 250 g/mol. The van der Waals surface area contributed by atoms with Gasteiger partial charge in [0.1, 0.15) is 0 Å². The summed E-state index contributed by atoms with van der Waals surface area (Å²) in [6.07, 6.45) is 6.07. The molecule has 0 saturated carbocycles. The fourth-order valence-corrected chi connectivity index (χ4v) is 2.54. The summed E-state index contributed by atoms with van der Waals surface area (Å²) in [6.45, 7) is 3.48. The first-order valence-electron chi connectivity index (χ1n) is 6.27. The smallest absolute Gasteiger partial charge is 0.275 e. The molecule has 18 heavy (non-hydrogen) atoms. The lowest BCUT2D eigenvalue weighted by Gasteiger charge is -2.26. The van der Waals surface area contributed by atoms with Crippen LogP contribution in [0.15, 0.2) is 12.2 Å². The predicted molar refractivity (Wildman–Crippen MR) is 65.5 cm³/mol. The largest absolute Gasteiger partial charge is 0.333 e. The highest BCUT2D eigenvalue weighted by atomic mass is 16.2. The van der Waals surface area contributed by atoms with Crippen LogP contribution in [0.5, 0.6) is 0 Å². The van der Waals surface area contributed by atoms with Crippen LogP contribution in [0.2, 0.25) is 0 Å². The Hall–Kier alpha value is -1.65. The highest BCUT2D eigenvalue weighted by Crippen LogP contribution is 2.26. The van der Waals surface area contributed by atoms with E-state index in [0.717, 1.165) is 12.8 Å². The van der Waals surface area contributed by atoms with Gasteiger partial charge in [-0.1, -0.05) is 12.2 Å². The van der Waals surface area contributed by atoms with E-state index in [9.17, 15) is 14.4 Å². The second-order valence-corrected chi connectivity index (χ2v) is 5.02. The molecule has 5 heteroatoms. The molecule has 3 aliphatic rings. The summed E-state index contributed by atoms with van der Waals surface area (Å²) in [5, 5.41) is 0. The van der Waals surface area contributed by atoms with Crippen LogP contribution in [0.25, 0.3) is 0 Å². The number of hydrogen-bond donors (Lipinski definition) is 0. The highest BCUT2D eigenvalue weighted by molar-refractivity contribution is 6.01. The van der Waals surface area contributed by atoms with E-state index >= 15 is 0 Å². The molecule has 4 amide bonds. The SMILES string of the molecule is CC(=O)N1CC2C=CC(CC2)CN(C(C)=O)C1=O. The van der Waals surface area contributed by atoms with Gasteiger partial charge in [0, 0.05) is 26.9 Å². The fourth-order valence-electron chi connectivity index (χ4n) is 2.54. The van der Waals surface area contributed by atoms with Gasteiger partial charge in [-0.25, -0.2) is 4.79 Å². The van der Waals surface area contributed by atoms with Crippen LogP contribution in [-0.2, 0) is 9.59 Å². The molecule has 0 radical (unpaired) electrons. The molecule has 1 saturated heterocycles. The molecule has 2 aliphatic heterocycles. The van der Waals surface area contributed by atoms with Crippen molar-refractivity contribution < 1.29 is 14.4 Å². The zero-order chi connectivity index (χ0) is 13.3. The third-order valence-electron chi connectivity index (χ3n) is 3.62. The molecule has 0 aromatic heterocycles. The van der Waals surface area contributed by atoms with Crippen molar-refractivity contribution in [2.45, 2.75) is 26.7 Å². The molecule has 2 bridgehead atoms. The number of hydrogen-bond acceptors (Lipinski definition) is 3. The van der Waals surface area contributed by atoms with Crippen molar-refractivity contribution in [3.63, 3.8) is 0 Å². The molecule has 2 atom stereocenters. The molecule has 0 N–H and O–H groups in total. The standard InChI is InChI=1S/C13H18N2O3/c1-9(16)14-7-11-3-5-12(6-4-11)8-15(10(2)17)13(14)18/h3,5,11-12H,4,6-8H2,1-2H3. The van der Waals surface area contributed by atoms with Crippen LogP contribution in [0.1, 0.15) is 26.7 Å². The minimum atomic E-state index is -0.476. The van der Waals surface area contributed by atoms with Gasteiger partial charge in [-0.15, -0.1) is 0 Å². The molecule has 2 unspecified atom stereocenters. The molecule has 0 aromatic carbocycles. The lowest BCUT2D eigenvalue weighted by atomic mass is 9.88. The van der Waals surface area contributed by atoms with E-state index in [0.29, 0.717) is 13.1 Å². The van der Waals surface area contributed by atoms with Crippen molar-refractivity contribution >= 4 is 17.8 Å². The quantitative estimate of drug-likeness (QED) is 0.611. The highest BCUT2D eigenvalue weighted by Gasteiger charge is 2.33. The third-order valence-corrected chi connectivity index (χ3v) is 3.62. The Balaban J connectivity index is 2.33.